The molecule has 1 unspecified atom stereocenters. The summed E-state index contributed by atoms with van der Waals surface area (Å²) in [5.74, 6) is 0. The number of hydrogen-bond acceptors (Lipinski definition) is 3. The van der Waals surface area contributed by atoms with Crippen LogP contribution in [0.2, 0.25) is 0 Å². The molecule has 1 aliphatic rings. The Kier molecular flexibility index (Phi) is 5.02. The first-order valence-corrected chi connectivity index (χ1v) is 6.96. The Morgan fingerprint density at radius 2 is 2.00 bits per heavy atom. The summed E-state index contributed by atoms with van der Waals surface area (Å²) in [6.07, 6.45) is 4.02. The van der Waals surface area contributed by atoms with Crippen molar-refractivity contribution in [2.24, 2.45) is 0 Å². The summed E-state index contributed by atoms with van der Waals surface area (Å²) < 4.78 is 0. The lowest BCUT2D eigenvalue weighted by Gasteiger charge is -2.23. The second kappa shape index (κ2) is 6.76. The van der Waals surface area contributed by atoms with E-state index in [-0.39, 0.29) is 0 Å². The van der Waals surface area contributed by atoms with Crippen molar-refractivity contribution in [3.05, 3.63) is 29.8 Å². The molecule has 18 heavy (non-hydrogen) atoms. The second-order valence-electron chi connectivity index (χ2n) is 5.34. The van der Waals surface area contributed by atoms with Crippen LogP contribution in [0, 0.1) is 0 Å². The van der Waals surface area contributed by atoms with Gasteiger partial charge in [-0.15, -0.1) is 0 Å². The van der Waals surface area contributed by atoms with Crippen LogP contribution in [0.5, 0.6) is 0 Å². The van der Waals surface area contributed by atoms with Crippen LogP contribution in [0.3, 0.4) is 0 Å². The standard InChI is InChI=1S/C15H25N3/c1-18(2)15-8-6-13(7-9-15)11-16-12-14-5-3-4-10-17-14/h6-9,14,16-17H,3-5,10-12H2,1-2H3. The normalized spacial score (nSPS) is 19.8. The number of nitrogens with one attached hydrogen (secondary N) is 2. The zero-order valence-corrected chi connectivity index (χ0v) is 11.6. The summed E-state index contributed by atoms with van der Waals surface area (Å²) in [6.45, 7) is 3.23. The summed E-state index contributed by atoms with van der Waals surface area (Å²) in [5, 5.41) is 7.10. The van der Waals surface area contributed by atoms with Crippen molar-refractivity contribution in [3.8, 4) is 0 Å². The molecule has 0 radical (unpaired) electrons. The molecule has 0 spiro atoms. The highest BCUT2D eigenvalue weighted by molar-refractivity contribution is 5.45. The van der Waals surface area contributed by atoms with Crippen molar-refractivity contribution in [2.45, 2.75) is 31.8 Å². The predicted octanol–water partition coefficient (Wildman–Crippen LogP) is 1.98. The third kappa shape index (κ3) is 4.00. The molecule has 2 N–H and O–H groups in total. The molecule has 1 aromatic carbocycles. The van der Waals surface area contributed by atoms with E-state index in [1.54, 1.807) is 0 Å². The summed E-state index contributed by atoms with van der Waals surface area (Å²) in [4.78, 5) is 2.13. The predicted molar refractivity (Wildman–Crippen MR) is 78.1 cm³/mol. The lowest BCUT2D eigenvalue weighted by molar-refractivity contribution is 0.383. The molecule has 2 rings (SSSR count). The van der Waals surface area contributed by atoms with E-state index in [2.05, 4.69) is 53.9 Å². The maximum absolute atomic E-state index is 3.56. The van der Waals surface area contributed by atoms with Gasteiger partial charge in [-0.1, -0.05) is 18.6 Å². The highest BCUT2D eigenvalue weighted by Crippen LogP contribution is 2.12. The first kappa shape index (κ1) is 13.4. The summed E-state index contributed by atoms with van der Waals surface area (Å²) in [7, 11) is 4.14. The molecular formula is C15H25N3. The van der Waals surface area contributed by atoms with Crippen molar-refractivity contribution in [2.75, 3.05) is 32.1 Å². The molecule has 1 atom stereocenters. The molecule has 0 amide bonds. The van der Waals surface area contributed by atoms with Crippen LogP contribution >= 0.6 is 0 Å². The van der Waals surface area contributed by atoms with Gasteiger partial charge in [-0.2, -0.15) is 0 Å². The van der Waals surface area contributed by atoms with Crippen LogP contribution in [0.1, 0.15) is 24.8 Å². The number of anilines is 1. The van der Waals surface area contributed by atoms with Crippen LogP contribution in [-0.4, -0.2) is 33.2 Å². The maximum atomic E-state index is 3.56. The quantitative estimate of drug-likeness (QED) is 0.833. The first-order chi connectivity index (χ1) is 8.75. The van der Waals surface area contributed by atoms with E-state index in [9.17, 15) is 0 Å². The van der Waals surface area contributed by atoms with Gasteiger partial charge < -0.3 is 15.5 Å². The molecule has 0 saturated carbocycles. The number of rotatable bonds is 5. The highest BCUT2D eigenvalue weighted by atomic mass is 15.1. The van der Waals surface area contributed by atoms with E-state index in [4.69, 9.17) is 0 Å². The van der Waals surface area contributed by atoms with Crippen LogP contribution in [-0.2, 0) is 6.54 Å². The minimum absolute atomic E-state index is 0.666. The van der Waals surface area contributed by atoms with Crippen LogP contribution in [0.4, 0.5) is 5.69 Å². The fourth-order valence-corrected chi connectivity index (χ4v) is 2.40. The minimum atomic E-state index is 0.666. The van der Waals surface area contributed by atoms with E-state index in [0.717, 1.165) is 13.1 Å². The van der Waals surface area contributed by atoms with Crippen molar-refractivity contribution >= 4 is 5.69 Å². The van der Waals surface area contributed by atoms with Gasteiger partial charge in [0, 0.05) is 38.9 Å². The highest BCUT2D eigenvalue weighted by Gasteiger charge is 2.11. The number of piperidine rings is 1. The molecule has 1 aromatic rings. The molecule has 1 aliphatic heterocycles. The van der Waals surface area contributed by atoms with Crippen LogP contribution < -0.4 is 15.5 Å². The largest absolute Gasteiger partial charge is 0.378 e. The van der Waals surface area contributed by atoms with E-state index in [0.29, 0.717) is 6.04 Å². The van der Waals surface area contributed by atoms with E-state index in [1.165, 1.54) is 37.1 Å². The van der Waals surface area contributed by atoms with Crippen molar-refractivity contribution in [1.29, 1.82) is 0 Å². The van der Waals surface area contributed by atoms with Gasteiger partial charge in [-0.05, 0) is 37.1 Å². The monoisotopic (exact) mass is 247 g/mol. The first-order valence-electron chi connectivity index (χ1n) is 6.96. The molecule has 3 nitrogen and oxygen atoms in total. The topological polar surface area (TPSA) is 27.3 Å². The lowest BCUT2D eigenvalue weighted by atomic mass is 10.1. The van der Waals surface area contributed by atoms with Gasteiger partial charge in [0.05, 0.1) is 0 Å². The SMILES string of the molecule is CN(C)c1ccc(CNCC2CCCCN2)cc1. The van der Waals surface area contributed by atoms with Gasteiger partial charge in [-0.3, -0.25) is 0 Å². The van der Waals surface area contributed by atoms with Crippen LogP contribution in [0.25, 0.3) is 0 Å². The Balaban J connectivity index is 1.72. The Labute approximate surface area is 111 Å². The third-order valence-electron chi connectivity index (χ3n) is 3.58. The fourth-order valence-electron chi connectivity index (χ4n) is 2.40. The maximum Gasteiger partial charge on any atom is 0.0361 e. The van der Waals surface area contributed by atoms with E-state index in [1.807, 2.05) is 0 Å². The molecule has 0 bridgehead atoms. The van der Waals surface area contributed by atoms with Crippen LogP contribution in [0.15, 0.2) is 24.3 Å². The zero-order chi connectivity index (χ0) is 12.8. The molecule has 1 fully saturated rings. The van der Waals surface area contributed by atoms with Gasteiger partial charge >= 0.3 is 0 Å². The number of benzene rings is 1. The van der Waals surface area contributed by atoms with Crippen molar-refractivity contribution in [3.63, 3.8) is 0 Å². The van der Waals surface area contributed by atoms with Gasteiger partial charge in [-0.25, -0.2) is 0 Å². The molecule has 0 aliphatic carbocycles. The third-order valence-corrected chi connectivity index (χ3v) is 3.58. The molecule has 3 heteroatoms. The smallest absolute Gasteiger partial charge is 0.0361 e. The summed E-state index contributed by atoms with van der Waals surface area (Å²) in [6, 6.07) is 9.43. The Bertz CT molecular complexity index is 339. The van der Waals surface area contributed by atoms with Gasteiger partial charge in [0.1, 0.15) is 0 Å². The fraction of sp³-hybridized carbons (Fsp3) is 0.600. The lowest BCUT2D eigenvalue weighted by Crippen LogP contribution is -2.41. The average Bonchev–Trinajstić information content (AvgIpc) is 2.40. The van der Waals surface area contributed by atoms with Crippen molar-refractivity contribution in [1.82, 2.24) is 10.6 Å². The number of hydrogen-bond donors (Lipinski definition) is 2. The molecule has 100 valence electrons. The Hall–Kier alpha value is -1.06. The second-order valence-corrected chi connectivity index (χ2v) is 5.34. The zero-order valence-electron chi connectivity index (χ0n) is 11.6. The molecule has 1 heterocycles. The van der Waals surface area contributed by atoms with E-state index < -0.39 is 0 Å². The van der Waals surface area contributed by atoms with Gasteiger partial charge in [0.25, 0.3) is 0 Å². The molecule has 1 saturated heterocycles. The van der Waals surface area contributed by atoms with Crippen molar-refractivity contribution < 1.29 is 0 Å². The average molecular weight is 247 g/mol. The minimum Gasteiger partial charge on any atom is -0.378 e. The van der Waals surface area contributed by atoms with E-state index >= 15 is 0 Å². The number of nitrogens with zero attached hydrogens (tertiary/aromatic N) is 1. The Morgan fingerprint density at radius 3 is 2.61 bits per heavy atom. The summed E-state index contributed by atoms with van der Waals surface area (Å²) >= 11 is 0. The molecular weight excluding hydrogens is 222 g/mol. The van der Waals surface area contributed by atoms with Gasteiger partial charge in [0.15, 0.2) is 0 Å². The van der Waals surface area contributed by atoms with Gasteiger partial charge in [0.2, 0.25) is 0 Å². The summed E-state index contributed by atoms with van der Waals surface area (Å²) in [5.41, 5.74) is 2.61. The Morgan fingerprint density at radius 1 is 1.22 bits per heavy atom. The molecule has 0 aromatic heterocycles.